The monoisotopic (exact) mass is 911 g/mol. The normalized spacial score (nSPS) is 24.0. The van der Waals surface area contributed by atoms with Gasteiger partial charge < -0.3 is 28.8 Å². The van der Waals surface area contributed by atoms with Gasteiger partial charge in [0, 0.05) is 90.9 Å². The molecular formula is C50H69N7O7S. The third-order valence-electron chi connectivity index (χ3n) is 14.5. The molecule has 1 saturated carbocycles. The standard InChI is InChI=1S/C50H69N7O7S/c1-9-56-41-14-13-34(40-27-65-48(53-40)46(64-10-2)44(49(60)57-17-12-11-16-52-57)54-47(59)42-30(3)31(42)4)22-37(41)39(24-50(6,7)28-63-29-58)45(56)38-23-35(25-51-43(38)32(5)61-8)33-15-18-55-19-20-62-26-36(55)21-33/h13-14,22-23,25,27,29-33,36,42,44,46,52H,9-12,15-21,24,26,28H2,1-8H3,(H,54,59)/t30-,31+,32-,33+,36-,42?,44-,46-/m0/s1. The van der Waals surface area contributed by atoms with Gasteiger partial charge in [0.05, 0.1) is 43.0 Å². The van der Waals surface area contributed by atoms with E-state index in [2.05, 4.69) is 92.2 Å². The molecule has 0 radical (unpaired) electrons. The Kier molecular flexibility index (Phi) is 14.8. The number of hydrogen-bond donors (Lipinski definition) is 2. The number of hydrazine groups is 1. The Morgan fingerprint density at radius 1 is 1.12 bits per heavy atom. The summed E-state index contributed by atoms with van der Waals surface area (Å²) in [6.07, 6.45) is 5.59. The lowest BCUT2D eigenvalue weighted by Crippen LogP contribution is -2.57. The van der Waals surface area contributed by atoms with Crippen LogP contribution < -0.4 is 10.7 Å². The summed E-state index contributed by atoms with van der Waals surface area (Å²) in [5, 5.41) is 8.50. The van der Waals surface area contributed by atoms with Crippen molar-refractivity contribution in [2.45, 2.75) is 117 Å². The molecule has 15 heteroatoms. The summed E-state index contributed by atoms with van der Waals surface area (Å²) in [6, 6.07) is 8.33. The van der Waals surface area contributed by atoms with Crippen molar-refractivity contribution in [1.29, 1.82) is 0 Å². The molecule has 3 aromatic heterocycles. The Morgan fingerprint density at radius 2 is 1.94 bits per heavy atom. The number of benzene rings is 1. The number of piperidine rings is 1. The number of ether oxygens (including phenoxy) is 4. The van der Waals surface area contributed by atoms with Crippen molar-refractivity contribution >= 4 is 40.5 Å². The number of carbonyl (C=O) groups is 3. The van der Waals surface area contributed by atoms with Crippen LogP contribution >= 0.6 is 11.3 Å². The molecule has 4 aromatic rings. The minimum Gasteiger partial charge on any atom is -0.467 e. The number of carbonyl (C=O) groups excluding carboxylic acids is 3. The Morgan fingerprint density at radius 3 is 2.65 bits per heavy atom. The zero-order chi connectivity index (χ0) is 46.0. The van der Waals surface area contributed by atoms with E-state index in [4.69, 9.17) is 28.9 Å². The number of morpholine rings is 1. The molecule has 2 N–H and O–H groups in total. The van der Waals surface area contributed by atoms with Crippen LogP contribution in [-0.2, 0) is 46.3 Å². The molecule has 1 aromatic carbocycles. The van der Waals surface area contributed by atoms with Crippen LogP contribution in [-0.4, -0.2) is 115 Å². The second-order valence-corrected chi connectivity index (χ2v) is 20.3. The molecule has 8 atom stereocenters. The number of thiazole rings is 1. The number of aromatic nitrogens is 3. The SMILES string of the molecule is CCO[C@H](c1nc(-c2ccc3c(c2)c(CC(C)(C)COC=O)c(-c2cc([C@@H]4CCN5CCOC[C@@H]5C4)cnc2[C@H](C)OC)n3CC)cs1)[C@H](NC(=O)C1[C@@H](C)[C@H]1C)C(=O)N1CCCCN1. The summed E-state index contributed by atoms with van der Waals surface area (Å²) in [4.78, 5) is 52.5. The van der Waals surface area contributed by atoms with Gasteiger partial charge in [-0.1, -0.05) is 33.8 Å². The van der Waals surface area contributed by atoms with Crippen molar-refractivity contribution in [2.24, 2.45) is 23.2 Å². The Bertz CT molecular complexity index is 2310. The molecule has 0 bridgehead atoms. The molecule has 65 heavy (non-hydrogen) atoms. The number of pyridine rings is 1. The van der Waals surface area contributed by atoms with Crippen LogP contribution in [0.1, 0.15) is 114 Å². The summed E-state index contributed by atoms with van der Waals surface area (Å²) in [7, 11) is 1.73. The van der Waals surface area contributed by atoms with Gasteiger partial charge in [-0.05, 0) is 106 Å². The largest absolute Gasteiger partial charge is 0.467 e. The summed E-state index contributed by atoms with van der Waals surface area (Å²) >= 11 is 1.44. The van der Waals surface area contributed by atoms with Gasteiger partial charge in [-0.15, -0.1) is 11.3 Å². The van der Waals surface area contributed by atoms with Crippen LogP contribution in [0.25, 0.3) is 33.4 Å². The van der Waals surface area contributed by atoms with Gasteiger partial charge in [-0.2, -0.15) is 0 Å². The van der Waals surface area contributed by atoms with Gasteiger partial charge in [-0.25, -0.2) is 10.4 Å². The highest BCUT2D eigenvalue weighted by molar-refractivity contribution is 7.10. The second kappa shape index (κ2) is 20.3. The van der Waals surface area contributed by atoms with Crippen LogP contribution in [0.5, 0.6) is 0 Å². The summed E-state index contributed by atoms with van der Waals surface area (Å²) in [6.45, 7) is 21.2. The van der Waals surface area contributed by atoms with E-state index in [9.17, 15) is 14.4 Å². The number of fused-ring (bicyclic) bond motifs is 2. The lowest BCUT2D eigenvalue weighted by Gasteiger charge is -2.42. The fourth-order valence-corrected chi connectivity index (χ4v) is 11.5. The predicted octanol–water partition coefficient (Wildman–Crippen LogP) is 7.47. The molecule has 6 heterocycles. The van der Waals surface area contributed by atoms with Crippen LogP contribution in [0.3, 0.4) is 0 Å². The molecule has 8 rings (SSSR count). The Hall–Kier alpha value is -4.25. The molecule has 352 valence electrons. The van der Waals surface area contributed by atoms with Gasteiger partial charge >= 0.3 is 0 Å². The van der Waals surface area contributed by atoms with E-state index in [1.165, 1.54) is 16.9 Å². The first-order valence-corrected chi connectivity index (χ1v) is 24.7. The number of aryl methyl sites for hydroxylation is 1. The van der Waals surface area contributed by atoms with Crippen molar-refractivity contribution in [2.75, 3.05) is 59.7 Å². The zero-order valence-corrected chi connectivity index (χ0v) is 40.4. The van der Waals surface area contributed by atoms with E-state index >= 15 is 0 Å². The van der Waals surface area contributed by atoms with Gasteiger partial charge in [-0.3, -0.25) is 29.3 Å². The molecule has 3 saturated heterocycles. The highest BCUT2D eigenvalue weighted by Gasteiger charge is 2.50. The van der Waals surface area contributed by atoms with E-state index in [1.807, 2.05) is 12.3 Å². The molecule has 2 amide bonds. The van der Waals surface area contributed by atoms with Gasteiger partial charge in [0.2, 0.25) is 5.91 Å². The van der Waals surface area contributed by atoms with E-state index in [0.717, 1.165) is 96.7 Å². The van der Waals surface area contributed by atoms with E-state index in [1.54, 1.807) is 12.1 Å². The number of hydrogen-bond acceptors (Lipinski definition) is 12. The second-order valence-electron chi connectivity index (χ2n) is 19.4. The molecule has 1 aliphatic carbocycles. The number of rotatable bonds is 18. The average Bonchev–Trinajstić information content (AvgIpc) is 3.59. The summed E-state index contributed by atoms with van der Waals surface area (Å²) in [5.41, 5.74) is 11.0. The molecule has 3 aliphatic heterocycles. The Labute approximate surface area is 388 Å². The lowest BCUT2D eigenvalue weighted by molar-refractivity contribution is -0.145. The predicted molar refractivity (Wildman–Crippen MR) is 252 cm³/mol. The van der Waals surface area contributed by atoms with Gasteiger partial charge in [0.1, 0.15) is 17.2 Å². The number of amides is 2. The quantitative estimate of drug-likeness (QED) is 0.0959. The minimum absolute atomic E-state index is 0.120. The highest BCUT2D eigenvalue weighted by atomic mass is 32.1. The minimum atomic E-state index is -0.949. The molecule has 14 nitrogen and oxygen atoms in total. The fourth-order valence-electron chi connectivity index (χ4n) is 10.5. The van der Waals surface area contributed by atoms with E-state index < -0.39 is 17.6 Å². The number of methoxy groups -OCH3 is 1. The number of nitrogens with zero attached hydrogens (tertiary/aromatic N) is 5. The van der Waals surface area contributed by atoms with Crippen molar-refractivity contribution in [3.8, 4) is 22.5 Å². The number of nitrogens with one attached hydrogen (secondary N) is 2. The van der Waals surface area contributed by atoms with Crippen LogP contribution in [0.4, 0.5) is 0 Å². The van der Waals surface area contributed by atoms with Crippen molar-refractivity contribution < 1.29 is 33.3 Å². The first-order valence-electron chi connectivity index (χ1n) is 23.9. The molecule has 4 fully saturated rings. The molecule has 4 aliphatic rings. The van der Waals surface area contributed by atoms with E-state index in [-0.39, 0.29) is 42.3 Å². The third kappa shape index (κ3) is 9.92. The Balaban J connectivity index is 1.21. The first-order chi connectivity index (χ1) is 31.4. The fraction of sp³-hybridized carbons (Fsp3) is 0.620. The molecule has 1 unspecified atom stereocenters. The molecule has 0 spiro atoms. The maximum Gasteiger partial charge on any atom is 0.293 e. The third-order valence-corrected chi connectivity index (χ3v) is 15.4. The zero-order valence-electron chi connectivity index (χ0n) is 39.6. The first kappa shape index (κ1) is 47.3. The molecular weight excluding hydrogens is 843 g/mol. The maximum absolute atomic E-state index is 14.3. The van der Waals surface area contributed by atoms with Crippen LogP contribution in [0.15, 0.2) is 35.8 Å². The van der Waals surface area contributed by atoms with Crippen LogP contribution in [0.2, 0.25) is 0 Å². The van der Waals surface area contributed by atoms with Crippen molar-refractivity contribution in [3.63, 3.8) is 0 Å². The topological polar surface area (TPSA) is 149 Å². The van der Waals surface area contributed by atoms with Gasteiger partial charge in [0.25, 0.3) is 12.4 Å². The van der Waals surface area contributed by atoms with Crippen molar-refractivity contribution in [1.82, 2.24) is 35.2 Å². The summed E-state index contributed by atoms with van der Waals surface area (Å²) < 4.78 is 26.1. The van der Waals surface area contributed by atoms with Crippen molar-refractivity contribution in [3.05, 3.63) is 57.7 Å². The van der Waals surface area contributed by atoms with Crippen LogP contribution in [0, 0.1) is 23.2 Å². The average molecular weight is 912 g/mol. The highest BCUT2D eigenvalue weighted by Crippen LogP contribution is 2.46. The summed E-state index contributed by atoms with van der Waals surface area (Å²) in [5.74, 6) is 0.387. The lowest BCUT2D eigenvalue weighted by atomic mass is 9.82. The van der Waals surface area contributed by atoms with E-state index in [0.29, 0.717) is 56.1 Å². The maximum atomic E-state index is 14.3. The smallest absolute Gasteiger partial charge is 0.293 e. The van der Waals surface area contributed by atoms with Gasteiger partial charge in [0.15, 0.2) is 0 Å².